The van der Waals surface area contributed by atoms with Crippen molar-refractivity contribution in [2.24, 2.45) is 17.3 Å². The van der Waals surface area contributed by atoms with Gasteiger partial charge in [0.1, 0.15) is 6.10 Å². The van der Waals surface area contributed by atoms with Crippen LogP contribution < -0.4 is 0 Å². The largest absolute Gasteiger partial charge is 0.375 e. The molecule has 1 aliphatic heterocycles. The van der Waals surface area contributed by atoms with Crippen LogP contribution in [-0.2, 0) is 14.2 Å². The monoisotopic (exact) mass is 336 g/mol. The second kappa shape index (κ2) is 8.33. The maximum Gasteiger partial charge on any atom is 0.104 e. The normalized spacial score (nSPS) is 37.2. The van der Waals surface area contributed by atoms with Crippen LogP contribution in [0.5, 0.6) is 0 Å². The van der Waals surface area contributed by atoms with Crippen molar-refractivity contribution in [3.8, 4) is 0 Å². The molecule has 0 bridgehead atoms. The molecule has 1 saturated heterocycles. The zero-order chi connectivity index (χ0) is 17.0. The lowest BCUT2D eigenvalue weighted by molar-refractivity contribution is -0.0337. The Morgan fingerprint density at radius 2 is 1.42 bits per heavy atom. The van der Waals surface area contributed by atoms with Crippen LogP contribution in [0.15, 0.2) is 12.7 Å². The number of epoxide rings is 1. The highest BCUT2D eigenvalue weighted by Crippen LogP contribution is 2.48. The lowest BCUT2D eigenvalue weighted by Crippen LogP contribution is -2.39. The smallest absolute Gasteiger partial charge is 0.104 e. The Labute approximate surface area is 148 Å². The van der Waals surface area contributed by atoms with Gasteiger partial charge in [-0.2, -0.15) is 0 Å². The molecule has 0 aromatic rings. The van der Waals surface area contributed by atoms with E-state index in [1.54, 1.807) is 0 Å². The van der Waals surface area contributed by atoms with Gasteiger partial charge in [0.2, 0.25) is 0 Å². The van der Waals surface area contributed by atoms with Crippen LogP contribution in [0.1, 0.15) is 65.2 Å². The fraction of sp³-hybridized carbons (Fsp3) is 0.905. The van der Waals surface area contributed by atoms with Crippen molar-refractivity contribution < 1.29 is 14.2 Å². The van der Waals surface area contributed by atoms with E-state index in [9.17, 15) is 0 Å². The van der Waals surface area contributed by atoms with Gasteiger partial charge in [-0.3, -0.25) is 0 Å². The summed E-state index contributed by atoms with van der Waals surface area (Å²) in [5.41, 5.74) is 0.452. The minimum absolute atomic E-state index is 0.401. The Morgan fingerprint density at radius 3 is 1.88 bits per heavy atom. The van der Waals surface area contributed by atoms with Crippen molar-refractivity contribution in [2.45, 2.75) is 83.5 Å². The summed E-state index contributed by atoms with van der Waals surface area (Å²) in [5.74, 6) is 1.70. The van der Waals surface area contributed by atoms with E-state index in [0.29, 0.717) is 30.3 Å². The molecule has 1 heterocycles. The highest BCUT2D eigenvalue weighted by molar-refractivity contribution is 4.91. The van der Waals surface area contributed by atoms with Crippen LogP contribution in [0.4, 0.5) is 0 Å². The molecule has 3 rings (SSSR count). The quantitative estimate of drug-likeness (QED) is 0.473. The maximum absolute atomic E-state index is 6.02. The average Bonchev–Trinajstić information content (AvgIpc) is 3.43. The van der Waals surface area contributed by atoms with Crippen LogP contribution in [0.25, 0.3) is 0 Å². The molecule has 3 fully saturated rings. The molecule has 0 aromatic carbocycles. The molecule has 1 atom stereocenters. The molecule has 24 heavy (non-hydrogen) atoms. The Morgan fingerprint density at radius 1 is 0.917 bits per heavy atom. The van der Waals surface area contributed by atoms with Crippen molar-refractivity contribution in [2.75, 3.05) is 19.8 Å². The standard InChI is InChI=1S/C21H36O3/c1-4-13-22-18-9-5-16(6-10-18)21(2,3)17-7-11-19(12-8-17)23-14-20-15-24-20/h4,16-20H,1,5-15H2,2-3H3. The summed E-state index contributed by atoms with van der Waals surface area (Å²) in [6, 6.07) is 0. The summed E-state index contributed by atoms with van der Waals surface area (Å²) in [5, 5.41) is 0. The molecule has 0 spiro atoms. The van der Waals surface area contributed by atoms with Crippen molar-refractivity contribution >= 4 is 0 Å². The van der Waals surface area contributed by atoms with Crippen molar-refractivity contribution in [1.29, 1.82) is 0 Å². The topological polar surface area (TPSA) is 31.0 Å². The van der Waals surface area contributed by atoms with Crippen molar-refractivity contribution in [3.05, 3.63) is 12.7 Å². The van der Waals surface area contributed by atoms with Gasteiger partial charge in [-0.15, -0.1) is 6.58 Å². The molecular weight excluding hydrogens is 300 g/mol. The Hall–Kier alpha value is -0.380. The van der Waals surface area contributed by atoms with Crippen LogP contribution in [-0.4, -0.2) is 38.1 Å². The molecule has 3 heteroatoms. The number of ether oxygens (including phenoxy) is 3. The first-order valence-corrected chi connectivity index (χ1v) is 10.0. The lowest BCUT2D eigenvalue weighted by Gasteiger charge is -2.46. The van der Waals surface area contributed by atoms with Gasteiger partial charge < -0.3 is 14.2 Å². The SMILES string of the molecule is C=CCOC1CCC(C(C)(C)C2CCC(OCC3CO3)CC2)CC1. The zero-order valence-corrected chi connectivity index (χ0v) is 15.7. The molecule has 2 aliphatic carbocycles. The first-order chi connectivity index (χ1) is 11.6. The molecule has 138 valence electrons. The zero-order valence-electron chi connectivity index (χ0n) is 15.7. The van der Waals surface area contributed by atoms with E-state index in [0.717, 1.165) is 25.0 Å². The third-order valence-electron chi connectivity index (χ3n) is 6.82. The molecule has 0 N–H and O–H groups in total. The Bertz CT molecular complexity index is 386. The molecule has 2 saturated carbocycles. The van der Waals surface area contributed by atoms with Crippen LogP contribution in [0, 0.1) is 17.3 Å². The molecule has 1 unspecified atom stereocenters. The van der Waals surface area contributed by atoms with Gasteiger partial charge in [-0.25, -0.2) is 0 Å². The van der Waals surface area contributed by atoms with Crippen LogP contribution in [0.3, 0.4) is 0 Å². The van der Waals surface area contributed by atoms with Crippen LogP contribution >= 0.6 is 0 Å². The predicted octanol–water partition coefficient (Wildman–Crippen LogP) is 4.75. The number of hydrogen-bond acceptors (Lipinski definition) is 3. The maximum atomic E-state index is 6.02. The first-order valence-electron chi connectivity index (χ1n) is 10.0. The van der Waals surface area contributed by atoms with E-state index < -0.39 is 0 Å². The fourth-order valence-corrected chi connectivity index (χ4v) is 4.89. The molecule has 0 amide bonds. The van der Waals surface area contributed by atoms with Gasteiger partial charge in [0.15, 0.2) is 0 Å². The van der Waals surface area contributed by atoms with Gasteiger partial charge in [-0.05, 0) is 68.6 Å². The van der Waals surface area contributed by atoms with Crippen molar-refractivity contribution in [3.63, 3.8) is 0 Å². The Kier molecular flexibility index (Phi) is 6.39. The molecule has 3 nitrogen and oxygen atoms in total. The minimum Gasteiger partial charge on any atom is -0.375 e. The Balaban J connectivity index is 1.41. The third kappa shape index (κ3) is 4.83. The number of hydrogen-bond donors (Lipinski definition) is 0. The molecule has 0 radical (unpaired) electrons. The number of rotatable bonds is 8. The van der Waals surface area contributed by atoms with E-state index >= 15 is 0 Å². The highest BCUT2D eigenvalue weighted by Gasteiger charge is 2.40. The van der Waals surface area contributed by atoms with E-state index in [-0.39, 0.29) is 0 Å². The fourth-order valence-electron chi connectivity index (χ4n) is 4.89. The van der Waals surface area contributed by atoms with E-state index in [4.69, 9.17) is 14.2 Å². The molecule has 3 aliphatic rings. The summed E-state index contributed by atoms with van der Waals surface area (Å²) in [4.78, 5) is 0. The second-order valence-electron chi connectivity index (χ2n) is 8.68. The molecule has 0 aromatic heterocycles. The van der Waals surface area contributed by atoms with Gasteiger partial charge in [0.05, 0.1) is 32.0 Å². The summed E-state index contributed by atoms with van der Waals surface area (Å²) in [6.07, 6.45) is 13.4. The average molecular weight is 337 g/mol. The van der Waals surface area contributed by atoms with E-state index in [2.05, 4.69) is 20.4 Å². The third-order valence-corrected chi connectivity index (χ3v) is 6.82. The highest BCUT2D eigenvalue weighted by atomic mass is 16.6. The van der Waals surface area contributed by atoms with Gasteiger partial charge in [0.25, 0.3) is 0 Å². The first kappa shape index (κ1) is 18.4. The van der Waals surface area contributed by atoms with Crippen LogP contribution in [0.2, 0.25) is 0 Å². The summed E-state index contributed by atoms with van der Waals surface area (Å²) >= 11 is 0. The van der Waals surface area contributed by atoms with E-state index in [1.165, 1.54) is 51.4 Å². The van der Waals surface area contributed by atoms with E-state index in [1.807, 2.05) is 6.08 Å². The second-order valence-corrected chi connectivity index (χ2v) is 8.68. The summed E-state index contributed by atoms with van der Waals surface area (Å²) in [6.45, 7) is 11.2. The van der Waals surface area contributed by atoms with Gasteiger partial charge >= 0.3 is 0 Å². The van der Waals surface area contributed by atoms with Gasteiger partial charge in [0, 0.05) is 0 Å². The molecular formula is C21H36O3. The minimum atomic E-state index is 0.401. The predicted molar refractivity (Wildman–Crippen MR) is 97.1 cm³/mol. The van der Waals surface area contributed by atoms with Crippen molar-refractivity contribution in [1.82, 2.24) is 0 Å². The van der Waals surface area contributed by atoms with Gasteiger partial charge in [-0.1, -0.05) is 19.9 Å². The summed E-state index contributed by atoms with van der Waals surface area (Å²) < 4.78 is 17.1. The summed E-state index contributed by atoms with van der Waals surface area (Å²) in [7, 11) is 0. The lowest BCUT2D eigenvalue weighted by atomic mass is 9.60.